The van der Waals surface area contributed by atoms with Gasteiger partial charge < -0.3 is 0 Å². The summed E-state index contributed by atoms with van der Waals surface area (Å²) in [7, 11) is -1.45. The van der Waals surface area contributed by atoms with Crippen molar-refractivity contribution in [1.29, 1.82) is 0 Å². The summed E-state index contributed by atoms with van der Waals surface area (Å²) < 4.78 is 24.6. The monoisotopic (exact) mass is 249 g/mol. The molecule has 98 valence electrons. The fourth-order valence-electron chi connectivity index (χ4n) is 2.50. The molecule has 0 aliphatic carbocycles. The van der Waals surface area contributed by atoms with E-state index in [1.165, 1.54) is 10.6 Å². The lowest BCUT2D eigenvalue weighted by atomic mass is 9.77. The highest BCUT2D eigenvalue weighted by atomic mass is 32.2. The standard InChI is InChI=1S/C12H27NO2S/c1-8-9-11(2,3)10-12(4,5)13(6)16(7,14)15/h8-10H2,1-7H3. The van der Waals surface area contributed by atoms with E-state index in [9.17, 15) is 8.42 Å². The molecule has 0 rings (SSSR count). The molecular weight excluding hydrogens is 222 g/mol. The molecule has 0 spiro atoms. The highest BCUT2D eigenvalue weighted by Gasteiger charge is 2.35. The van der Waals surface area contributed by atoms with Crippen molar-refractivity contribution in [2.45, 2.75) is 59.4 Å². The van der Waals surface area contributed by atoms with E-state index in [2.05, 4.69) is 20.8 Å². The van der Waals surface area contributed by atoms with E-state index in [0.29, 0.717) is 0 Å². The number of nitrogens with zero attached hydrogens (tertiary/aromatic N) is 1. The van der Waals surface area contributed by atoms with Gasteiger partial charge in [0.15, 0.2) is 0 Å². The van der Waals surface area contributed by atoms with Crippen LogP contribution in [0.15, 0.2) is 0 Å². The second-order valence-corrected chi connectivity index (χ2v) is 8.15. The van der Waals surface area contributed by atoms with Crippen LogP contribution in [0.25, 0.3) is 0 Å². The Labute approximate surface area is 101 Å². The minimum Gasteiger partial charge on any atom is -0.212 e. The molecule has 0 aromatic rings. The van der Waals surface area contributed by atoms with Crippen LogP contribution in [0.2, 0.25) is 0 Å². The van der Waals surface area contributed by atoms with Crippen LogP contribution < -0.4 is 0 Å². The molecule has 0 amide bonds. The van der Waals surface area contributed by atoms with Gasteiger partial charge in [-0.05, 0) is 32.1 Å². The Morgan fingerprint density at radius 1 is 1.12 bits per heavy atom. The zero-order valence-electron chi connectivity index (χ0n) is 11.8. The third-order valence-corrected chi connectivity index (χ3v) is 4.68. The predicted molar refractivity (Wildman–Crippen MR) is 70.0 cm³/mol. The van der Waals surface area contributed by atoms with Gasteiger partial charge in [0.2, 0.25) is 10.0 Å². The topological polar surface area (TPSA) is 37.4 Å². The highest BCUT2D eigenvalue weighted by molar-refractivity contribution is 7.88. The predicted octanol–water partition coefficient (Wildman–Crippen LogP) is 2.87. The fraction of sp³-hybridized carbons (Fsp3) is 1.00. The first-order valence-electron chi connectivity index (χ1n) is 5.86. The maximum Gasteiger partial charge on any atom is 0.211 e. The van der Waals surface area contributed by atoms with Crippen molar-refractivity contribution >= 4 is 10.0 Å². The molecule has 3 nitrogen and oxygen atoms in total. The first kappa shape index (κ1) is 15.9. The summed E-state index contributed by atoms with van der Waals surface area (Å²) in [6.45, 7) is 10.6. The Hall–Kier alpha value is -0.0900. The fourth-order valence-corrected chi connectivity index (χ4v) is 3.46. The van der Waals surface area contributed by atoms with Crippen LogP contribution in [-0.2, 0) is 10.0 Å². The lowest BCUT2D eigenvalue weighted by molar-refractivity contribution is 0.156. The molecule has 0 atom stereocenters. The van der Waals surface area contributed by atoms with E-state index < -0.39 is 10.0 Å². The van der Waals surface area contributed by atoms with Crippen LogP contribution in [-0.4, -0.2) is 31.6 Å². The van der Waals surface area contributed by atoms with E-state index in [0.717, 1.165) is 19.3 Å². The smallest absolute Gasteiger partial charge is 0.211 e. The van der Waals surface area contributed by atoms with E-state index in [-0.39, 0.29) is 11.0 Å². The summed E-state index contributed by atoms with van der Waals surface area (Å²) >= 11 is 0. The molecule has 0 bridgehead atoms. The molecular formula is C12H27NO2S. The van der Waals surface area contributed by atoms with E-state index in [1.807, 2.05) is 13.8 Å². The Morgan fingerprint density at radius 2 is 1.56 bits per heavy atom. The van der Waals surface area contributed by atoms with Crippen LogP contribution in [0.5, 0.6) is 0 Å². The SMILES string of the molecule is CCCC(C)(C)CC(C)(C)N(C)S(C)(=O)=O. The van der Waals surface area contributed by atoms with Gasteiger partial charge in [-0.15, -0.1) is 0 Å². The quantitative estimate of drug-likeness (QED) is 0.726. The van der Waals surface area contributed by atoms with Crippen molar-refractivity contribution in [1.82, 2.24) is 4.31 Å². The summed E-state index contributed by atoms with van der Waals surface area (Å²) in [4.78, 5) is 0. The van der Waals surface area contributed by atoms with Crippen LogP contribution in [0.4, 0.5) is 0 Å². The normalized spacial score (nSPS) is 14.5. The van der Waals surface area contributed by atoms with E-state index in [1.54, 1.807) is 7.05 Å². The van der Waals surface area contributed by atoms with Crippen LogP contribution in [0, 0.1) is 5.41 Å². The van der Waals surface area contributed by atoms with Crippen LogP contribution in [0.3, 0.4) is 0 Å². The van der Waals surface area contributed by atoms with Crippen molar-refractivity contribution < 1.29 is 8.42 Å². The highest BCUT2D eigenvalue weighted by Crippen LogP contribution is 2.35. The van der Waals surface area contributed by atoms with Crippen molar-refractivity contribution in [2.24, 2.45) is 5.41 Å². The summed E-state index contributed by atoms with van der Waals surface area (Å²) in [6.07, 6.45) is 4.39. The van der Waals surface area contributed by atoms with Gasteiger partial charge in [-0.25, -0.2) is 8.42 Å². The third kappa shape index (κ3) is 4.83. The largest absolute Gasteiger partial charge is 0.212 e. The zero-order valence-corrected chi connectivity index (χ0v) is 12.6. The van der Waals surface area contributed by atoms with Gasteiger partial charge in [-0.1, -0.05) is 27.2 Å². The Morgan fingerprint density at radius 3 is 1.88 bits per heavy atom. The first-order valence-corrected chi connectivity index (χ1v) is 7.71. The molecule has 0 N–H and O–H groups in total. The molecule has 0 heterocycles. The minimum absolute atomic E-state index is 0.178. The lowest BCUT2D eigenvalue weighted by Crippen LogP contribution is -2.47. The summed E-state index contributed by atoms with van der Waals surface area (Å²) in [5.74, 6) is 0. The first-order chi connectivity index (χ1) is 6.92. The van der Waals surface area contributed by atoms with E-state index >= 15 is 0 Å². The maximum atomic E-state index is 11.5. The van der Waals surface area contributed by atoms with Gasteiger partial charge in [-0.2, -0.15) is 4.31 Å². The molecule has 0 unspecified atom stereocenters. The summed E-state index contributed by atoms with van der Waals surface area (Å²) in [5, 5.41) is 0. The van der Waals surface area contributed by atoms with Crippen molar-refractivity contribution in [3.8, 4) is 0 Å². The second kappa shape index (κ2) is 5.05. The summed E-state index contributed by atoms with van der Waals surface area (Å²) in [5.41, 5.74) is -0.149. The summed E-state index contributed by atoms with van der Waals surface area (Å²) in [6, 6.07) is 0. The minimum atomic E-state index is -3.11. The van der Waals surface area contributed by atoms with Gasteiger partial charge in [0, 0.05) is 12.6 Å². The van der Waals surface area contributed by atoms with Crippen LogP contribution in [0.1, 0.15) is 53.9 Å². The van der Waals surface area contributed by atoms with Gasteiger partial charge in [-0.3, -0.25) is 0 Å². The van der Waals surface area contributed by atoms with Crippen LogP contribution >= 0.6 is 0 Å². The molecule has 0 saturated carbocycles. The number of sulfonamides is 1. The average Bonchev–Trinajstić information content (AvgIpc) is 1.98. The molecule has 0 radical (unpaired) electrons. The molecule has 0 aromatic carbocycles. The average molecular weight is 249 g/mol. The molecule has 16 heavy (non-hydrogen) atoms. The Bertz CT molecular complexity index is 318. The molecule has 0 fully saturated rings. The Kier molecular flexibility index (Phi) is 5.02. The zero-order chi connectivity index (χ0) is 13.2. The van der Waals surface area contributed by atoms with Gasteiger partial charge in [0.05, 0.1) is 6.26 Å². The van der Waals surface area contributed by atoms with Gasteiger partial charge in [0.25, 0.3) is 0 Å². The van der Waals surface area contributed by atoms with Gasteiger partial charge in [0.1, 0.15) is 0 Å². The Balaban J connectivity index is 4.82. The maximum absolute atomic E-state index is 11.5. The number of hydrogen-bond donors (Lipinski definition) is 0. The number of hydrogen-bond acceptors (Lipinski definition) is 2. The van der Waals surface area contributed by atoms with Gasteiger partial charge >= 0.3 is 0 Å². The molecule has 0 saturated heterocycles. The molecule has 4 heteroatoms. The van der Waals surface area contributed by atoms with Crippen molar-refractivity contribution in [2.75, 3.05) is 13.3 Å². The number of rotatable bonds is 6. The molecule has 0 aliphatic rings. The molecule has 0 aliphatic heterocycles. The third-order valence-electron chi connectivity index (χ3n) is 3.19. The van der Waals surface area contributed by atoms with Crippen molar-refractivity contribution in [3.05, 3.63) is 0 Å². The van der Waals surface area contributed by atoms with E-state index in [4.69, 9.17) is 0 Å². The lowest BCUT2D eigenvalue weighted by Gasteiger charge is -2.40. The second-order valence-electron chi connectivity index (χ2n) is 6.13. The van der Waals surface area contributed by atoms with Crippen molar-refractivity contribution in [3.63, 3.8) is 0 Å². The molecule has 0 aromatic heterocycles.